The molecule has 9 nitrogen and oxygen atoms in total. The minimum absolute atomic E-state index is 0.173. The zero-order valence-electron chi connectivity index (χ0n) is 13.6. The highest BCUT2D eigenvalue weighted by molar-refractivity contribution is 6.09. The van der Waals surface area contributed by atoms with Gasteiger partial charge in [0.1, 0.15) is 0 Å². The van der Waals surface area contributed by atoms with Crippen molar-refractivity contribution in [3.63, 3.8) is 0 Å². The Hall–Kier alpha value is -3.75. The van der Waals surface area contributed by atoms with Gasteiger partial charge in [-0.15, -0.1) is 0 Å². The summed E-state index contributed by atoms with van der Waals surface area (Å²) in [6.07, 6.45) is 2.25. The van der Waals surface area contributed by atoms with Crippen LogP contribution in [0.25, 0.3) is 11.6 Å². The Labute approximate surface area is 144 Å². The van der Waals surface area contributed by atoms with Crippen molar-refractivity contribution in [1.29, 1.82) is 0 Å². The molecule has 0 saturated carbocycles. The average molecular weight is 339 g/mol. The second-order valence-corrected chi connectivity index (χ2v) is 5.93. The predicted molar refractivity (Wildman–Crippen MR) is 109 cm³/mol. The first-order chi connectivity index (χ1) is 11.7. The molecule has 25 heavy (non-hydrogen) atoms. The molecule has 3 rings (SSSR count). The van der Waals surface area contributed by atoms with Gasteiger partial charge in [-0.25, -0.2) is 0 Å². The maximum Gasteiger partial charge on any atom is 0.0970 e. The molecule has 0 unspecified atom stereocenters. The van der Waals surface area contributed by atoms with Gasteiger partial charge in [-0.3, -0.25) is 4.99 Å². The van der Waals surface area contributed by atoms with Crippen LogP contribution in [0, 0.1) is 0 Å². The van der Waals surface area contributed by atoms with Crippen LogP contribution in [0.1, 0.15) is 16.7 Å². The molecule has 0 spiro atoms. The molecule has 1 aliphatic rings. The van der Waals surface area contributed by atoms with E-state index in [1.54, 1.807) is 0 Å². The van der Waals surface area contributed by atoms with E-state index in [0.717, 1.165) is 11.1 Å². The lowest BCUT2D eigenvalue weighted by molar-refractivity contribution is 1.32. The topological polar surface area (TPSA) is 221 Å². The molecular formula is C16H21N9. The van der Waals surface area contributed by atoms with Gasteiger partial charge < -0.3 is 45.9 Å². The number of allylic oxidation sites excluding steroid dienone is 1. The number of nitrogens with zero attached hydrogens (tertiary/aromatic N) is 1. The largest absolute Gasteiger partial charge is 0.397 e. The van der Waals surface area contributed by atoms with E-state index in [4.69, 9.17) is 45.9 Å². The number of rotatable bonds is 2. The van der Waals surface area contributed by atoms with Crippen molar-refractivity contribution in [2.24, 2.45) is 4.99 Å². The van der Waals surface area contributed by atoms with Crippen LogP contribution in [-0.2, 0) is 6.42 Å². The van der Waals surface area contributed by atoms with E-state index >= 15 is 0 Å². The van der Waals surface area contributed by atoms with E-state index in [1.807, 2.05) is 6.08 Å². The van der Waals surface area contributed by atoms with Crippen molar-refractivity contribution >= 4 is 69.6 Å². The van der Waals surface area contributed by atoms with E-state index in [0.29, 0.717) is 34.6 Å². The van der Waals surface area contributed by atoms with Gasteiger partial charge in [0.05, 0.1) is 51.2 Å². The number of nitrogens with two attached hydrogens (primary N) is 8. The summed E-state index contributed by atoms with van der Waals surface area (Å²) in [6, 6.07) is 0. The van der Waals surface area contributed by atoms with Crippen molar-refractivity contribution in [2.75, 3.05) is 45.9 Å². The summed E-state index contributed by atoms with van der Waals surface area (Å²) in [6.45, 7) is 3.55. The van der Waals surface area contributed by atoms with Crippen molar-refractivity contribution in [3.05, 3.63) is 16.7 Å². The van der Waals surface area contributed by atoms with Gasteiger partial charge in [0.15, 0.2) is 0 Å². The van der Waals surface area contributed by atoms with Crippen molar-refractivity contribution in [3.8, 4) is 0 Å². The third-order valence-corrected chi connectivity index (χ3v) is 4.61. The lowest BCUT2D eigenvalue weighted by atomic mass is 9.96. The highest BCUT2D eigenvalue weighted by atomic mass is 14.8. The van der Waals surface area contributed by atoms with Crippen LogP contribution < -0.4 is 45.9 Å². The lowest BCUT2D eigenvalue weighted by Crippen LogP contribution is -2.09. The first kappa shape index (κ1) is 16.1. The van der Waals surface area contributed by atoms with Gasteiger partial charge in [-0.2, -0.15) is 0 Å². The third-order valence-electron chi connectivity index (χ3n) is 4.61. The Morgan fingerprint density at radius 2 is 1.20 bits per heavy atom. The first-order valence-electron chi connectivity index (χ1n) is 7.38. The second kappa shape index (κ2) is 5.13. The van der Waals surface area contributed by atoms with Crippen LogP contribution in [-0.4, -0.2) is 6.72 Å². The van der Waals surface area contributed by atoms with Gasteiger partial charge in [0.25, 0.3) is 0 Å². The molecule has 2 aromatic rings. The molecule has 2 aromatic carbocycles. The van der Waals surface area contributed by atoms with Gasteiger partial charge in [-0.05, 0) is 23.9 Å². The van der Waals surface area contributed by atoms with Gasteiger partial charge in [0, 0.05) is 17.5 Å². The van der Waals surface area contributed by atoms with Crippen LogP contribution in [0.5, 0.6) is 0 Å². The molecule has 0 radical (unpaired) electrons. The van der Waals surface area contributed by atoms with Crippen LogP contribution in [0.3, 0.4) is 0 Å². The summed E-state index contributed by atoms with van der Waals surface area (Å²) < 4.78 is 0. The zero-order valence-corrected chi connectivity index (χ0v) is 13.6. The Bertz CT molecular complexity index is 973. The molecule has 0 fully saturated rings. The summed E-state index contributed by atoms with van der Waals surface area (Å²) in [7, 11) is 0. The molecule has 0 bridgehead atoms. The monoisotopic (exact) mass is 339 g/mol. The summed E-state index contributed by atoms with van der Waals surface area (Å²) >= 11 is 0. The summed E-state index contributed by atoms with van der Waals surface area (Å²) in [4.78, 5) is 3.98. The number of fused-ring (bicyclic) bond motifs is 1. The van der Waals surface area contributed by atoms with E-state index in [1.165, 1.54) is 0 Å². The smallest absolute Gasteiger partial charge is 0.0970 e. The normalized spacial score (nSPS) is 12.7. The van der Waals surface area contributed by atoms with Crippen molar-refractivity contribution in [2.45, 2.75) is 6.42 Å². The Morgan fingerprint density at radius 1 is 0.680 bits per heavy atom. The van der Waals surface area contributed by atoms with E-state index in [-0.39, 0.29) is 34.1 Å². The number of hydrogen-bond donors (Lipinski definition) is 8. The van der Waals surface area contributed by atoms with Gasteiger partial charge in [-0.1, -0.05) is 0 Å². The predicted octanol–water partition coefficient (Wildman–Crippen LogP) is 0.773. The van der Waals surface area contributed by atoms with Crippen molar-refractivity contribution < 1.29 is 0 Å². The molecule has 0 aliphatic heterocycles. The Morgan fingerprint density at radius 3 is 1.80 bits per heavy atom. The highest BCUT2D eigenvalue weighted by Gasteiger charge is 2.27. The quantitative estimate of drug-likeness (QED) is 0.287. The summed E-state index contributed by atoms with van der Waals surface area (Å²) in [5.74, 6) is 0. The molecule has 9 heteroatoms. The number of hydrogen-bond acceptors (Lipinski definition) is 9. The number of anilines is 8. The number of nitrogen functional groups attached to an aromatic ring is 8. The summed E-state index contributed by atoms with van der Waals surface area (Å²) in [5, 5.41) is 0. The molecule has 0 heterocycles. The highest BCUT2D eigenvalue weighted by Crippen LogP contribution is 2.50. The molecule has 0 atom stereocenters. The molecule has 16 N–H and O–H groups in total. The van der Waals surface area contributed by atoms with Crippen LogP contribution in [0.2, 0.25) is 0 Å². The van der Waals surface area contributed by atoms with E-state index in [9.17, 15) is 0 Å². The van der Waals surface area contributed by atoms with Gasteiger partial charge >= 0.3 is 0 Å². The Balaban J connectivity index is 2.29. The van der Waals surface area contributed by atoms with Crippen LogP contribution in [0.15, 0.2) is 4.99 Å². The summed E-state index contributed by atoms with van der Waals surface area (Å²) in [5.41, 5.74) is 53.4. The van der Waals surface area contributed by atoms with Gasteiger partial charge in [0.2, 0.25) is 0 Å². The minimum Gasteiger partial charge on any atom is -0.397 e. The second-order valence-electron chi connectivity index (χ2n) is 5.93. The SMILES string of the molecule is C=Nc1c(N)c(N)c(N)c(N)c1C1=Cc2c(N)c(N)c(N)c(N)c2C1. The Kier molecular flexibility index (Phi) is 3.31. The average Bonchev–Trinajstić information content (AvgIpc) is 3.04. The van der Waals surface area contributed by atoms with E-state index < -0.39 is 0 Å². The maximum atomic E-state index is 6.18. The molecule has 1 aliphatic carbocycles. The number of benzene rings is 2. The number of aliphatic imine (C=N–C) groups is 1. The first-order valence-corrected chi connectivity index (χ1v) is 7.38. The fraction of sp³-hybridized carbons (Fsp3) is 0.0625. The van der Waals surface area contributed by atoms with Crippen LogP contribution in [0.4, 0.5) is 51.2 Å². The van der Waals surface area contributed by atoms with Crippen LogP contribution >= 0.6 is 0 Å². The van der Waals surface area contributed by atoms with E-state index in [2.05, 4.69) is 11.7 Å². The standard InChI is InChI=1S/C16H21N9/c1-25-16-7(10(19)13(22)14(23)15(16)24)4-2-5-6(3-4)9(18)12(21)11(20)8(5)17/h2H,1,3,17-24H2. The molecule has 130 valence electrons. The fourth-order valence-electron chi connectivity index (χ4n) is 3.14. The molecule has 0 aromatic heterocycles. The molecular weight excluding hydrogens is 318 g/mol. The molecule has 0 amide bonds. The minimum atomic E-state index is 0.173. The maximum absolute atomic E-state index is 6.18. The van der Waals surface area contributed by atoms with Crippen molar-refractivity contribution in [1.82, 2.24) is 0 Å². The zero-order chi connectivity index (χ0) is 18.6. The molecule has 0 saturated heterocycles. The fourth-order valence-corrected chi connectivity index (χ4v) is 3.14. The lowest BCUT2D eigenvalue weighted by Gasteiger charge is -2.17. The third kappa shape index (κ3) is 1.99.